The summed E-state index contributed by atoms with van der Waals surface area (Å²) in [5, 5.41) is 13.4. The Morgan fingerprint density at radius 2 is 0.682 bits per heavy atom. The minimum Gasteiger partial charge on any atom is -0.309 e. The minimum atomic E-state index is 1.20. The van der Waals surface area contributed by atoms with Crippen LogP contribution in [0.4, 0.5) is 0 Å². The van der Waals surface area contributed by atoms with Crippen molar-refractivity contribution in [3.8, 4) is 11.4 Å². The van der Waals surface area contributed by atoms with E-state index >= 15 is 0 Å². The molecule has 0 saturated heterocycles. The van der Waals surface area contributed by atoms with E-state index in [4.69, 9.17) is 0 Å². The Labute approximate surface area is 254 Å². The van der Waals surface area contributed by atoms with Gasteiger partial charge in [-0.2, -0.15) is 0 Å². The van der Waals surface area contributed by atoms with Gasteiger partial charge >= 0.3 is 0 Å². The second kappa shape index (κ2) is 8.49. The van der Waals surface area contributed by atoms with E-state index in [0.717, 1.165) is 0 Å². The van der Waals surface area contributed by atoms with E-state index < -0.39 is 0 Å². The summed E-state index contributed by atoms with van der Waals surface area (Å²) >= 11 is 0. The normalized spacial score (nSPS) is 12.3. The summed E-state index contributed by atoms with van der Waals surface area (Å²) in [7, 11) is 0. The minimum absolute atomic E-state index is 1.20. The van der Waals surface area contributed by atoms with E-state index in [-0.39, 0.29) is 0 Å². The summed E-state index contributed by atoms with van der Waals surface area (Å²) < 4.78 is 4.93. The van der Waals surface area contributed by atoms with Crippen molar-refractivity contribution < 1.29 is 0 Å². The van der Waals surface area contributed by atoms with Crippen molar-refractivity contribution in [2.75, 3.05) is 0 Å². The maximum Gasteiger partial charge on any atom is 0.0582 e. The van der Waals surface area contributed by atoms with Crippen molar-refractivity contribution in [2.24, 2.45) is 0 Å². The standard InChI is InChI=1S/C42H28N2/c1-25-29-21-23-34-38-30(26(2)42-40(34)32-18-10-12-20-36(32)44(42)28-15-7-4-8-16-28)22-24-33(37(29)38)39-31-17-9-11-19-35(31)43(41(25)39)27-13-5-3-6-14-27/h3-24H,1-2H3. The highest BCUT2D eigenvalue weighted by Gasteiger charge is 2.24. The van der Waals surface area contributed by atoms with Crippen molar-refractivity contribution in [2.45, 2.75) is 13.8 Å². The molecule has 206 valence electrons. The lowest BCUT2D eigenvalue weighted by molar-refractivity contribution is 1.17. The summed E-state index contributed by atoms with van der Waals surface area (Å²) in [4.78, 5) is 0. The van der Waals surface area contributed by atoms with Crippen LogP contribution in [0.15, 0.2) is 133 Å². The molecule has 0 radical (unpaired) electrons. The van der Waals surface area contributed by atoms with Crippen molar-refractivity contribution >= 4 is 75.9 Å². The first kappa shape index (κ1) is 23.9. The molecule has 0 aliphatic heterocycles. The molecule has 44 heavy (non-hydrogen) atoms. The first-order valence-corrected chi connectivity index (χ1v) is 15.4. The van der Waals surface area contributed by atoms with Gasteiger partial charge in [0.05, 0.1) is 22.1 Å². The molecule has 2 heteroatoms. The van der Waals surface area contributed by atoms with E-state index in [9.17, 15) is 0 Å². The fraction of sp³-hybridized carbons (Fsp3) is 0.0476. The number of nitrogens with zero attached hydrogens (tertiary/aromatic N) is 2. The molecule has 2 aromatic heterocycles. The smallest absolute Gasteiger partial charge is 0.0582 e. The molecule has 2 nitrogen and oxygen atoms in total. The van der Waals surface area contributed by atoms with Gasteiger partial charge in [0.1, 0.15) is 0 Å². The van der Waals surface area contributed by atoms with Crippen LogP contribution in [-0.2, 0) is 0 Å². The molecule has 0 aliphatic rings. The second-order valence-electron chi connectivity index (χ2n) is 12.1. The Morgan fingerprint density at radius 3 is 1.11 bits per heavy atom. The number of para-hydroxylation sites is 4. The predicted molar refractivity (Wildman–Crippen MR) is 188 cm³/mol. The summed E-state index contributed by atoms with van der Waals surface area (Å²) in [5.41, 5.74) is 10.1. The molecule has 8 aromatic carbocycles. The van der Waals surface area contributed by atoms with Crippen LogP contribution in [0.3, 0.4) is 0 Å². The van der Waals surface area contributed by atoms with Gasteiger partial charge in [0.2, 0.25) is 0 Å². The zero-order valence-electron chi connectivity index (χ0n) is 24.6. The maximum atomic E-state index is 2.46. The molecule has 10 rings (SSSR count). The number of aryl methyl sites for hydroxylation is 2. The van der Waals surface area contributed by atoms with Crippen LogP contribution in [0, 0.1) is 13.8 Å². The predicted octanol–water partition coefficient (Wildman–Crippen LogP) is 11.4. The fourth-order valence-electron chi connectivity index (χ4n) is 8.22. The average Bonchev–Trinajstić information content (AvgIpc) is 3.62. The van der Waals surface area contributed by atoms with E-state index in [0.29, 0.717) is 0 Å². The van der Waals surface area contributed by atoms with Crippen molar-refractivity contribution in [3.63, 3.8) is 0 Å². The first-order chi connectivity index (χ1) is 21.7. The van der Waals surface area contributed by atoms with Crippen molar-refractivity contribution in [1.82, 2.24) is 9.13 Å². The molecular formula is C42H28N2. The lowest BCUT2D eigenvalue weighted by atomic mass is 9.86. The lowest BCUT2D eigenvalue weighted by Gasteiger charge is -2.19. The summed E-state index contributed by atoms with van der Waals surface area (Å²) in [6.45, 7) is 4.63. The molecule has 0 bridgehead atoms. The molecule has 0 spiro atoms. The number of hydrogen-bond donors (Lipinski definition) is 0. The van der Waals surface area contributed by atoms with E-state index in [1.165, 1.54) is 98.4 Å². The largest absolute Gasteiger partial charge is 0.309 e. The third-order valence-electron chi connectivity index (χ3n) is 10.00. The van der Waals surface area contributed by atoms with Crippen LogP contribution in [0.2, 0.25) is 0 Å². The second-order valence-corrected chi connectivity index (χ2v) is 12.1. The molecule has 0 unspecified atom stereocenters. The first-order valence-electron chi connectivity index (χ1n) is 15.4. The molecule has 0 amide bonds. The molecule has 0 N–H and O–H groups in total. The van der Waals surface area contributed by atoms with Gasteiger partial charge in [-0.25, -0.2) is 0 Å². The number of fused-ring (bicyclic) bond motifs is 8. The zero-order valence-corrected chi connectivity index (χ0v) is 24.6. The molecule has 0 fully saturated rings. The van der Waals surface area contributed by atoms with Gasteiger partial charge in [-0.3, -0.25) is 0 Å². The van der Waals surface area contributed by atoms with E-state index in [1.807, 2.05) is 0 Å². The van der Waals surface area contributed by atoms with Crippen molar-refractivity contribution in [3.05, 3.63) is 145 Å². The molecule has 0 aliphatic carbocycles. The number of hydrogen-bond acceptors (Lipinski definition) is 0. The Kier molecular flexibility index (Phi) is 4.61. The van der Waals surface area contributed by atoms with Gasteiger partial charge in [0.25, 0.3) is 0 Å². The third kappa shape index (κ3) is 2.86. The molecule has 10 aromatic rings. The van der Waals surface area contributed by atoms with Crippen LogP contribution >= 0.6 is 0 Å². The van der Waals surface area contributed by atoms with Gasteiger partial charge < -0.3 is 9.13 Å². The van der Waals surface area contributed by atoms with Gasteiger partial charge in [-0.05, 0) is 93.7 Å². The molecule has 2 heterocycles. The number of aromatic nitrogens is 2. The monoisotopic (exact) mass is 560 g/mol. The topological polar surface area (TPSA) is 9.86 Å². The van der Waals surface area contributed by atoms with Gasteiger partial charge in [0, 0.05) is 32.9 Å². The van der Waals surface area contributed by atoms with Crippen LogP contribution < -0.4 is 0 Å². The number of rotatable bonds is 2. The Balaban J connectivity index is 1.46. The highest BCUT2D eigenvalue weighted by atomic mass is 15.0. The molecular weight excluding hydrogens is 532 g/mol. The maximum absolute atomic E-state index is 2.46. The SMILES string of the molecule is Cc1c2ccc3c4c(ccc(c24)c2c4ccccc4n(-c4ccccc4)c12)c(C)c1c3c2ccccc2n1-c1ccccc1. The summed E-state index contributed by atoms with van der Waals surface area (Å²) in [5.74, 6) is 0. The highest BCUT2D eigenvalue weighted by Crippen LogP contribution is 2.49. The molecule has 0 saturated carbocycles. The Bertz CT molecular complexity index is 2570. The Hall–Kier alpha value is -5.60. The van der Waals surface area contributed by atoms with Crippen LogP contribution in [0.25, 0.3) is 87.3 Å². The summed E-state index contributed by atoms with van der Waals surface area (Å²) in [6.07, 6.45) is 0. The quantitative estimate of drug-likeness (QED) is 0.186. The van der Waals surface area contributed by atoms with Crippen LogP contribution in [0.5, 0.6) is 0 Å². The fourth-order valence-corrected chi connectivity index (χ4v) is 8.22. The van der Waals surface area contributed by atoms with Gasteiger partial charge in [0.15, 0.2) is 0 Å². The van der Waals surface area contributed by atoms with E-state index in [1.54, 1.807) is 0 Å². The average molecular weight is 561 g/mol. The van der Waals surface area contributed by atoms with Gasteiger partial charge in [-0.1, -0.05) is 97.1 Å². The zero-order chi connectivity index (χ0) is 29.1. The summed E-state index contributed by atoms with van der Waals surface area (Å²) in [6, 6.07) is 49.0. The highest BCUT2D eigenvalue weighted by molar-refractivity contribution is 6.38. The van der Waals surface area contributed by atoms with E-state index in [2.05, 4.69) is 156 Å². The van der Waals surface area contributed by atoms with Crippen molar-refractivity contribution in [1.29, 1.82) is 0 Å². The van der Waals surface area contributed by atoms with Gasteiger partial charge in [-0.15, -0.1) is 0 Å². The lowest BCUT2D eigenvalue weighted by Crippen LogP contribution is -1.98. The third-order valence-corrected chi connectivity index (χ3v) is 10.00. The number of benzene rings is 8. The Morgan fingerprint density at radius 1 is 0.318 bits per heavy atom. The molecule has 0 atom stereocenters. The van der Waals surface area contributed by atoms with Crippen LogP contribution in [0.1, 0.15) is 11.1 Å². The van der Waals surface area contributed by atoms with Crippen LogP contribution in [-0.4, -0.2) is 9.13 Å².